The Balaban J connectivity index is 1.03. The predicted molar refractivity (Wildman–Crippen MR) is 251 cm³/mol. The fourth-order valence-corrected chi connectivity index (χ4v) is 13.4. The molecule has 4 aliphatic carbocycles. The number of rotatable bonds is 14. The molecule has 3 saturated heterocycles. The average Bonchev–Trinajstić information content (AvgIpc) is 3.56. The number of aliphatic hydroxyl groups is 5. The number of ether oxygens (including phenoxy) is 11. The molecule has 22 atom stereocenters. The SMILES string of the molecule is C/C=C(/C)C(=O)O[C@@H]1C[C@@H]2[C@@]3(C)CC[C@H](O[C@H]4C[C@H](OC)[C@H](O[C@H]5C[C@H](OC)[C@H](O[C@@H]6O[C@H](C)[C@@H](O)[C@@H](OC)[C@H]6O)[C@@H](C)O5)[C@@H](C)O4)CC3=CC[C@@]2(O)[C@@]2(O)CC[C@@](O)([C@H](C)OC(=O)/C(C)=C/C)[C@@]12C. The lowest BCUT2D eigenvalue weighted by atomic mass is 9.42. The van der Waals surface area contributed by atoms with Crippen molar-refractivity contribution in [2.24, 2.45) is 16.7 Å². The molecule has 0 radical (unpaired) electrons. The van der Waals surface area contributed by atoms with Crippen molar-refractivity contribution in [1.82, 2.24) is 0 Å². The van der Waals surface area contributed by atoms with Crippen LogP contribution in [0, 0.1) is 16.7 Å². The van der Waals surface area contributed by atoms with Gasteiger partial charge in [-0.3, -0.25) is 0 Å². The van der Waals surface area contributed by atoms with Crippen molar-refractivity contribution >= 4 is 11.9 Å². The van der Waals surface area contributed by atoms with Crippen LogP contribution in [0.2, 0.25) is 0 Å². The molecule has 0 aromatic carbocycles. The van der Waals surface area contributed by atoms with Gasteiger partial charge in [-0.05, 0) is 106 Å². The molecule has 0 aromatic rings. The third kappa shape index (κ3) is 9.30. The summed E-state index contributed by atoms with van der Waals surface area (Å²) >= 11 is 0. The molecule has 7 aliphatic rings. The first-order valence-corrected chi connectivity index (χ1v) is 25.3. The van der Waals surface area contributed by atoms with E-state index in [1.165, 1.54) is 7.11 Å². The van der Waals surface area contributed by atoms with E-state index >= 15 is 0 Å². The van der Waals surface area contributed by atoms with Gasteiger partial charge in [-0.2, -0.15) is 0 Å². The van der Waals surface area contributed by atoms with Crippen LogP contribution in [0.3, 0.4) is 0 Å². The Hall–Kier alpha value is -2.40. The molecule has 0 amide bonds. The van der Waals surface area contributed by atoms with E-state index in [0.717, 1.165) is 5.57 Å². The molecule has 18 heteroatoms. The number of hydrogen-bond acceptors (Lipinski definition) is 18. The molecule has 0 unspecified atom stereocenters. The lowest BCUT2D eigenvalue weighted by Crippen LogP contribution is -2.78. The van der Waals surface area contributed by atoms with Gasteiger partial charge in [0.25, 0.3) is 0 Å². The van der Waals surface area contributed by atoms with Crippen molar-refractivity contribution in [2.45, 2.75) is 242 Å². The van der Waals surface area contributed by atoms with Gasteiger partial charge in [0, 0.05) is 51.2 Å². The van der Waals surface area contributed by atoms with E-state index in [1.807, 2.05) is 19.9 Å². The number of hydrogen-bond donors (Lipinski definition) is 5. The van der Waals surface area contributed by atoms with E-state index in [9.17, 15) is 35.1 Å². The molecular weight excluding hydrogens is 913 g/mol. The van der Waals surface area contributed by atoms with Gasteiger partial charge in [-0.15, -0.1) is 0 Å². The third-order valence-corrected chi connectivity index (χ3v) is 18.2. The molecule has 0 bridgehead atoms. The number of esters is 2. The highest BCUT2D eigenvalue weighted by molar-refractivity contribution is 5.88. The van der Waals surface area contributed by atoms with Crippen LogP contribution in [0.1, 0.15) is 127 Å². The number of carbonyl (C=O) groups excluding carboxylic acids is 2. The molecule has 0 spiro atoms. The van der Waals surface area contributed by atoms with Crippen molar-refractivity contribution < 1.29 is 87.2 Å². The minimum atomic E-state index is -1.95. The van der Waals surface area contributed by atoms with Gasteiger partial charge in [0.2, 0.25) is 0 Å². The van der Waals surface area contributed by atoms with Crippen LogP contribution < -0.4 is 0 Å². The number of carbonyl (C=O) groups is 2. The second kappa shape index (κ2) is 21.1. The van der Waals surface area contributed by atoms with Gasteiger partial charge in [0.1, 0.15) is 59.5 Å². The second-order valence-corrected chi connectivity index (χ2v) is 21.6. The maximum atomic E-state index is 13.6. The first-order chi connectivity index (χ1) is 32.9. The lowest BCUT2D eigenvalue weighted by Gasteiger charge is -2.67. The van der Waals surface area contributed by atoms with E-state index in [1.54, 1.807) is 74.8 Å². The minimum Gasteiger partial charge on any atom is -0.458 e. The van der Waals surface area contributed by atoms with Crippen LogP contribution in [0.5, 0.6) is 0 Å². The summed E-state index contributed by atoms with van der Waals surface area (Å²) in [5.74, 6) is -1.78. The van der Waals surface area contributed by atoms with Crippen LogP contribution in [-0.4, -0.2) is 174 Å². The van der Waals surface area contributed by atoms with Crippen LogP contribution >= 0.6 is 0 Å². The molecule has 7 rings (SSSR count). The van der Waals surface area contributed by atoms with Gasteiger partial charge in [-0.25, -0.2) is 9.59 Å². The number of methoxy groups -OCH3 is 3. The molecule has 70 heavy (non-hydrogen) atoms. The van der Waals surface area contributed by atoms with Crippen molar-refractivity contribution in [1.29, 1.82) is 0 Å². The summed E-state index contributed by atoms with van der Waals surface area (Å²) in [6.07, 6.45) is -3.84. The largest absolute Gasteiger partial charge is 0.458 e. The summed E-state index contributed by atoms with van der Waals surface area (Å²) in [5, 5.41) is 60.5. The van der Waals surface area contributed by atoms with Crippen molar-refractivity contribution in [3.05, 3.63) is 34.9 Å². The lowest BCUT2D eigenvalue weighted by molar-refractivity contribution is -0.352. The Morgan fingerprint density at radius 1 is 0.743 bits per heavy atom. The standard InChI is InChI=1S/C52H82O18/c1-14-26(3)45(55)66-31(8)50(57)20-21-52(59)49(50,10)37(68-46(56)27(4)15-2)25-36-48(9)18-17-33(22-32(48)16-19-51(36,52)58)67-38-23-34(60-11)42(29(6)63-38)69-39-24-35(61-12)43(30(7)64-39)70-47-41(54)44(62-13)40(53)28(5)65-47/h14-16,28-31,33-44,47,53-54,57-59H,17-25H2,1-13H3/b26-14+,27-15-/t28-,29-,30-,31+,33+,34+,35+,36-,37-,38+,39+,40-,41-,42-,43-,44-,47+,48+,49-,50-,51+,52-/m1/s1. The second-order valence-electron chi connectivity index (χ2n) is 21.6. The maximum absolute atomic E-state index is 13.6. The van der Waals surface area contributed by atoms with Crippen molar-refractivity contribution in [3.8, 4) is 0 Å². The fraction of sp³-hybridized carbons (Fsp3) is 0.846. The summed E-state index contributed by atoms with van der Waals surface area (Å²) in [4.78, 5) is 26.7. The zero-order valence-electron chi connectivity index (χ0n) is 43.5. The molecule has 6 fully saturated rings. The maximum Gasteiger partial charge on any atom is 0.333 e. The topological polar surface area (TPSA) is 237 Å². The summed E-state index contributed by atoms with van der Waals surface area (Å²) in [6, 6.07) is 0. The number of aliphatic hydroxyl groups excluding tert-OH is 2. The molecule has 398 valence electrons. The molecule has 3 aliphatic heterocycles. The molecule has 5 N–H and O–H groups in total. The summed E-state index contributed by atoms with van der Waals surface area (Å²) in [7, 11) is 4.61. The van der Waals surface area contributed by atoms with E-state index in [2.05, 4.69) is 6.92 Å². The highest BCUT2D eigenvalue weighted by Gasteiger charge is 2.81. The Kier molecular flexibility index (Phi) is 16.7. The zero-order chi connectivity index (χ0) is 51.5. The molecular formula is C52H82O18. The van der Waals surface area contributed by atoms with E-state index in [4.69, 9.17) is 52.1 Å². The smallest absolute Gasteiger partial charge is 0.333 e. The van der Waals surface area contributed by atoms with Gasteiger partial charge < -0.3 is 77.6 Å². The highest BCUT2D eigenvalue weighted by atomic mass is 16.8. The van der Waals surface area contributed by atoms with Crippen LogP contribution in [-0.2, 0) is 61.7 Å². The number of fused-ring (bicyclic) bond motifs is 5. The molecule has 3 heterocycles. The highest BCUT2D eigenvalue weighted by Crippen LogP contribution is 2.71. The molecule has 18 nitrogen and oxygen atoms in total. The van der Waals surface area contributed by atoms with Gasteiger partial charge in [0.05, 0.1) is 42.0 Å². The summed E-state index contributed by atoms with van der Waals surface area (Å²) < 4.78 is 67.7. The quantitative estimate of drug-likeness (QED) is 0.0930. The normalized spacial score (nSPS) is 48.1. The van der Waals surface area contributed by atoms with E-state index < -0.39 is 138 Å². The van der Waals surface area contributed by atoms with E-state index in [-0.39, 0.29) is 31.8 Å². The third-order valence-electron chi connectivity index (χ3n) is 18.2. The molecule has 0 aromatic heterocycles. The zero-order valence-corrected chi connectivity index (χ0v) is 43.5. The van der Waals surface area contributed by atoms with E-state index in [0.29, 0.717) is 43.3 Å². The summed E-state index contributed by atoms with van der Waals surface area (Å²) in [5.41, 5.74) is -6.05. The predicted octanol–water partition coefficient (Wildman–Crippen LogP) is 4.23. The molecule has 3 saturated carbocycles. The number of allylic oxidation sites excluding steroid dienone is 2. The van der Waals surface area contributed by atoms with Gasteiger partial charge in [-0.1, -0.05) is 37.6 Å². The fourth-order valence-electron chi connectivity index (χ4n) is 13.4. The first-order valence-electron chi connectivity index (χ1n) is 25.3. The monoisotopic (exact) mass is 995 g/mol. The van der Waals surface area contributed by atoms with Crippen molar-refractivity contribution in [2.75, 3.05) is 21.3 Å². The van der Waals surface area contributed by atoms with Crippen LogP contribution in [0.15, 0.2) is 34.9 Å². The average molecular weight is 995 g/mol. The minimum absolute atomic E-state index is 0.00717. The van der Waals surface area contributed by atoms with Gasteiger partial charge in [0.15, 0.2) is 18.9 Å². The Morgan fingerprint density at radius 2 is 1.33 bits per heavy atom. The Bertz CT molecular complexity index is 1980. The van der Waals surface area contributed by atoms with Crippen LogP contribution in [0.25, 0.3) is 0 Å². The van der Waals surface area contributed by atoms with Gasteiger partial charge >= 0.3 is 11.9 Å². The van der Waals surface area contributed by atoms with Crippen molar-refractivity contribution in [3.63, 3.8) is 0 Å². The first kappa shape index (κ1) is 55.4. The Labute approximate surface area is 413 Å². The summed E-state index contributed by atoms with van der Waals surface area (Å²) in [6.45, 7) is 17.5. The van der Waals surface area contributed by atoms with Crippen LogP contribution in [0.4, 0.5) is 0 Å². The Morgan fingerprint density at radius 3 is 1.91 bits per heavy atom.